The molecule has 1 atom stereocenters. The number of nitrogens with one attached hydrogen (secondary N) is 2. The molecule has 0 radical (unpaired) electrons. The summed E-state index contributed by atoms with van der Waals surface area (Å²) in [5, 5.41) is 25.3. The molecule has 0 saturated carbocycles. The van der Waals surface area contributed by atoms with Gasteiger partial charge in [0, 0.05) is 30.1 Å². The van der Waals surface area contributed by atoms with Gasteiger partial charge < -0.3 is 25.7 Å². The number of aryl methyl sites for hydroxylation is 1. The summed E-state index contributed by atoms with van der Waals surface area (Å²) in [6, 6.07) is 10.2. The lowest BCUT2D eigenvalue weighted by molar-refractivity contribution is -0.113. The Morgan fingerprint density at radius 3 is 2.41 bits per heavy atom. The number of nitrogens with zero attached hydrogens (tertiary/aromatic N) is 1. The number of hydrogen-bond acceptors (Lipinski definition) is 4. The molecule has 1 aliphatic heterocycles. The third kappa shape index (κ3) is 3.57. The maximum Gasteiger partial charge on any atom is 0.322 e. The van der Waals surface area contributed by atoms with Gasteiger partial charge in [0.2, 0.25) is 0 Å². The van der Waals surface area contributed by atoms with Crippen LogP contribution in [0.3, 0.4) is 0 Å². The molecule has 3 amide bonds. The molecule has 1 unspecified atom stereocenters. The molecule has 0 bridgehead atoms. The number of benzene rings is 2. The zero-order valence-electron chi connectivity index (χ0n) is 15.3. The minimum atomic E-state index is -0.847. The first kappa shape index (κ1) is 18.3. The molecule has 0 fully saturated rings. The highest BCUT2D eigenvalue weighted by Crippen LogP contribution is 2.36. The maximum absolute atomic E-state index is 13.0. The van der Waals surface area contributed by atoms with Crippen LogP contribution in [0.15, 0.2) is 53.7 Å². The van der Waals surface area contributed by atoms with E-state index in [9.17, 15) is 19.8 Å². The van der Waals surface area contributed by atoms with Crippen molar-refractivity contribution in [1.82, 2.24) is 10.2 Å². The van der Waals surface area contributed by atoms with Crippen LogP contribution < -0.4 is 10.6 Å². The fraction of sp³-hybridized carbons (Fsp3) is 0.200. The zero-order valence-corrected chi connectivity index (χ0v) is 15.3. The van der Waals surface area contributed by atoms with E-state index in [1.807, 2.05) is 19.1 Å². The molecule has 3 rings (SSSR count). The quantitative estimate of drug-likeness (QED) is 0.670. The van der Waals surface area contributed by atoms with Crippen LogP contribution in [0.4, 0.5) is 10.5 Å². The molecular weight excluding hydrogens is 346 g/mol. The number of allylic oxidation sites excluding steroid dienone is 1. The van der Waals surface area contributed by atoms with E-state index in [0.717, 1.165) is 5.56 Å². The van der Waals surface area contributed by atoms with Crippen LogP contribution in [0.25, 0.3) is 0 Å². The van der Waals surface area contributed by atoms with Crippen molar-refractivity contribution in [2.45, 2.75) is 19.9 Å². The molecule has 4 N–H and O–H groups in total. The van der Waals surface area contributed by atoms with Crippen molar-refractivity contribution in [1.29, 1.82) is 0 Å². The minimum absolute atomic E-state index is 0.109. The normalized spacial score (nSPS) is 16.9. The average molecular weight is 367 g/mol. The summed E-state index contributed by atoms with van der Waals surface area (Å²) in [5.74, 6) is -0.708. The smallest absolute Gasteiger partial charge is 0.322 e. The summed E-state index contributed by atoms with van der Waals surface area (Å²) in [7, 11) is 1.57. The Bertz CT molecular complexity index is 935. The van der Waals surface area contributed by atoms with E-state index in [1.54, 1.807) is 26.1 Å². The third-order valence-electron chi connectivity index (χ3n) is 4.63. The molecule has 27 heavy (non-hydrogen) atoms. The SMILES string of the molecule is CC1=C(C(=O)Nc2ccc(C)cc2)C(c2ccc(O)cc2O)NC(=O)N1C. The molecule has 7 heteroatoms. The number of amides is 3. The standard InChI is InChI=1S/C20H21N3O4/c1-11-4-6-13(7-5-11)21-19(26)17-12(2)23(3)20(27)22-18(17)15-9-8-14(24)10-16(15)25/h4-10,18,24-25H,1-3H3,(H,21,26)(H,22,27). The van der Waals surface area contributed by atoms with E-state index >= 15 is 0 Å². The van der Waals surface area contributed by atoms with Gasteiger partial charge in [0.25, 0.3) is 5.91 Å². The number of anilines is 1. The molecule has 2 aromatic rings. The van der Waals surface area contributed by atoms with Crippen molar-refractivity contribution >= 4 is 17.6 Å². The highest BCUT2D eigenvalue weighted by atomic mass is 16.3. The summed E-state index contributed by atoms with van der Waals surface area (Å²) in [6.45, 7) is 3.63. The second-order valence-electron chi connectivity index (χ2n) is 6.50. The van der Waals surface area contributed by atoms with Crippen LogP contribution in [0.1, 0.15) is 24.1 Å². The van der Waals surface area contributed by atoms with Crippen LogP contribution in [0, 0.1) is 6.92 Å². The predicted octanol–water partition coefficient (Wildman–Crippen LogP) is 3.02. The first-order valence-corrected chi connectivity index (χ1v) is 8.43. The lowest BCUT2D eigenvalue weighted by atomic mass is 9.93. The van der Waals surface area contributed by atoms with E-state index < -0.39 is 12.1 Å². The highest BCUT2D eigenvalue weighted by Gasteiger charge is 2.35. The predicted molar refractivity (Wildman–Crippen MR) is 101 cm³/mol. The van der Waals surface area contributed by atoms with Crippen molar-refractivity contribution in [2.75, 3.05) is 12.4 Å². The summed E-state index contributed by atoms with van der Waals surface area (Å²) in [4.78, 5) is 26.6. The Hall–Kier alpha value is -3.48. The van der Waals surface area contributed by atoms with Crippen LogP contribution in [0.5, 0.6) is 11.5 Å². The molecule has 0 spiro atoms. The van der Waals surface area contributed by atoms with Gasteiger partial charge in [-0.3, -0.25) is 4.79 Å². The molecular formula is C20H21N3O4. The minimum Gasteiger partial charge on any atom is -0.508 e. The van der Waals surface area contributed by atoms with Crippen molar-refractivity contribution in [2.24, 2.45) is 0 Å². The number of hydrogen-bond donors (Lipinski definition) is 4. The Morgan fingerprint density at radius 2 is 1.78 bits per heavy atom. The zero-order chi connectivity index (χ0) is 19.7. The number of carbonyl (C=O) groups is 2. The first-order valence-electron chi connectivity index (χ1n) is 8.43. The van der Waals surface area contributed by atoms with Crippen LogP contribution in [-0.4, -0.2) is 34.1 Å². The van der Waals surface area contributed by atoms with Gasteiger partial charge in [0.05, 0.1) is 11.6 Å². The van der Waals surface area contributed by atoms with Crippen molar-refractivity contribution in [3.63, 3.8) is 0 Å². The summed E-state index contributed by atoms with van der Waals surface area (Å²) >= 11 is 0. The van der Waals surface area contributed by atoms with E-state index in [2.05, 4.69) is 10.6 Å². The van der Waals surface area contributed by atoms with E-state index in [-0.39, 0.29) is 17.4 Å². The second kappa shape index (κ2) is 7.03. The van der Waals surface area contributed by atoms with E-state index in [0.29, 0.717) is 22.5 Å². The number of phenols is 2. The molecule has 0 saturated heterocycles. The first-order chi connectivity index (χ1) is 12.8. The van der Waals surface area contributed by atoms with Crippen LogP contribution >= 0.6 is 0 Å². The van der Waals surface area contributed by atoms with E-state index in [1.165, 1.54) is 23.1 Å². The van der Waals surface area contributed by atoms with Crippen LogP contribution in [-0.2, 0) is 4.79 Å². The number of phenolic OH excluding ortho intramolecular Hbond substituents is 2. The maximum atomic E-state index is 13.0. The summed E-state index contributed by atoms with van der Waals surface area (Å²) in [6.07, 6.45) is 0. The number of carbonyl (C=O) groups excluding carboxylic acids is 2. The van der Waals surface area contributed by atoms with Crippen molar-refractivity contribution in [3.8, 4) is 11.5 Å². The fourth-order valence-electron chi connectivity index (χ4n) is 2.97. The molecule has 1 heterocycles. The summed E-state index contributed by atoms with van der Waals surface area (Å²) < 4.78 is 0. The van der Waals surface area contributed by atoms with Gasteiger partial charge in [0.1, 0.15) is 11.5 Å². The largest absolute Gasteiger partial charge is 0.508 e. The van der Waals surface area contributed by atoms with Gasteiger partial charge in [-0.1, -0.05) is 17.7 Å². The van der Waals surface area contributed by atoms with Gasteiger partial charge in [-0.05, 0) is 38.1 Å². The summed E-state index contributed by atoms with van der Waals surface area (Å²) in [5.41, 5.74) is 2.79. The van der Waals surface area contributed by atoms with Gasteiger partial charge in [-0.15, -0.1) is 0 Å². The number of urea groups is 1. The Kier molecular flexibility index (Phi) is 4.77. The van der Waals surface area contributed by atoms with Gasteiger partial charge in [0.15, 0.2) is 0 Å². The molecule has 0 aliphatic carbocycles. The second-order valence-corrected chi connectivity index (χ2v) is 6.50. The Balaban J connectivity index is 2.02. The average Bonchev–Trinajstić information content (AvgIpc) is 2.61. The molecule has 2 aromatic carbocycles. The van der Waals surface area contributed by atoms with Crippen molar-refractivity contribution < 1.29 is 19.8 Å². The molecule has 140 valence electrons. The lowest BCUT2D eigenvalue weighted by Crippen LogP contribution is -2.46. The van der Waals surface area contributed by atoms with E-state index in [4.69, 9.17) is 0 Å². The topological polar surface area (TPSA) is 102 Å². The molecule has 7 nitrogen and oxygen atoms in total. The van der Waals surface area contributed by atoms with Gasteiger partial charge in [-0.25, -0.2) is 4.79 Å². The highest BCUT2D eigenvalue weighted by molar-refractivity contribution is 6.06. The van der Waals surface area contributed by atoms with Gasteiger partial charge in [-0.2, -0.15) is 0 Å². The molecule has 0 aromatic heterocycles. The molecule has 1 aliphatic rings. The van der Waals surface area contributed by atoms with Crippen LogP contribution in [0.2, 0.25) is 0 Å². The van der Waals surface area contributed by atoms with Crippen molar-refractivity contribution in [3.05, 3.63) is 64.9 Å². The lowest BCUT2D eigenvalue weighted by Gasteiger charge is -2.33. The monoisotopic (exact) mass is 367 g/mol. The third-order valence-corrected chi connectivity index (χ3v) is 4.63. The van der Waals surface area contributed by atoms with Gasteiger partial charge >= 0.3 is 6.03 Å². The Morgan fingerprint density at radius 1 is 1.11 bits per heavy atom. The Labute approximate surface area is 156 Å². The number of aromatic hydroxyl groups is 2. The number of rotatable bonds is 3. The fourth-order valence-corrected chi connectivity index (χ4v) is 2.97.